The molecule has 0 aliphatic heterocycles. The fraction of sp³-hybridized carbons (Fsp3) is 0.0556. The van der Waals surface area contributed by atoms with Gasteiger partial charge in [0.25, 0.3) is 0 Å². The van der Waals surface area contributed by atoms with Gasteiger partial charge in [0.1, 0.15) is 0 Å². The maximum absolute atomic E-state index is 6.19. The number of hydrogen-bond acceptors (Lipinski definition) is 2. The van der Waals surface area contributed by atoms with Gasteiger partial charge in [-0.3, -0.25) is 14.7 Å². The fourth-order valence-electron chi connectivity index (χ4n) is 2.26. The number of hydrogen-bond donors (Lipinski definition) is 0. The molecule has 0 unspecified atom stereocenters. The topological polar surface area (TPSA) is 21.1 Å². The van der Waals surface area contributed by atoms with Crippen LogP contribution >= 0.6 is 11.6 Å². The Morgan fingerprint density at radius 2 is 1.77 bits per heavy atom. The van der Waals surface area contributed by atoms with Gasteiger partial charge in [-0.25, -0.2) is 0 Å². The summed E-state index contributed by atoms with van der Waals surface area (Å²) in [6.45, 7) is 0. The Morgan fingerprint density at radius 1 is 1.00 bits per heavy atom. The summed E-state index contributed by atoms with van der Waals surface area (Å²) in [5.41, 5.74) is 3.14. The van der Waals surface area contributed by atoms with Gasteiger partial charge in [0, 0.05) is 30.7 Å². The lowest BCUT2D eigenvalue weighted by atomic mass is 10.2. The molecule has 0 spiro atoms. The Balaban J connectivity index is 1.88. The number of aromatic nitrogens is 2. The van der Waals surface area contributed by atoms with Crippen LogP contribution in [0.1, 0.15) is 11.3 Å². The molecule has 0 aliphatic rings. The number of nitrogens with zero attached hydrogens (tertiary/aromatic N) is 3. The number of halogens is 1. The first kappa shape index (κ1) is 14.4. The van der Waals surface area contributed by atoms with E-state index < -0.39 is 0 Å². The van der Waals surface area contributed by atoms with Gasteiger partial charge in [-0.1, -0.05) is 35.9 Å². The van der Waals surface area contributed by atoms with E-state index in [9.17, 15) is 0 Å². The highest BCUT2D eigenvalue weighted by molar-refractivity contribution is 6.32. The van der Waals surface area contributed by atoms with Gasteiger partial charge in [-0.15, -0.1) is 0 Å². The standard InChI is InChI=1S/C18H16ClN3/c1-21(16-10-12-20-13-11-16)22-14-4-6-17(22)9-8-15-5-2-3-7-18(15)19/h2-14H,1H3/b9-8+. The highest BCUT2D eigenvalue weighted by atomic mass is 35.5. The van der Waals surface area contributed by atoms with Crippen molar-refractivity contribution in [1.29, 1.82) is 0 Å². The van der Waals surface area contributed by atoms with Crippen molar-refractivity contribution in [2.24, 2.45) is 0 Å². The second kappa shape index (κ2) is 6.50. The molecule has 0 amide bonds. The maximum atomic E-state index is 6.19. The maximum Gasteiger partial charge on any atom is 0.0626 e. The molecule has 2 heterocycles. The van der Waals surface area contributed by atoms with Gasteiger partial charge >= 0.3 is 0 Å². The Kier molecular flexibility index (Phi) is 4.26. The lowest BCUT2D eigenvalue weighted by Crippen LogP contribution is -2.24. The molecular formula is C18H16ClN3. The third-order valence-corrected chi connectivity index (χ3v) is 3.80. The van der Waals surface area contributed by atoms with Gasteiger partial charge in [0.15, 0.2) is 0 Å². The van der Waals surface area contributed by atoms with Crippen molar-refractivity contribution < 1.29 is 0 Å². The van der Waals surface area contributed by atoms with Gasteiger partial charge in [-0.2, -0.15) is 0 Å². The molecule has 22 heavy (non-hydrogen) atoms. The largest absolute Gasteiger partial charge is 0.284 e. The Hall–Kier alpha value is -2.52. The predicted molar refractivity (Wildman–Crippen MR) is 92.9 cm³/mol. The second-order valence-corrected chi connectivity index (χ2v) is 5.27. The molecule has 1 aromatic carbocycles. The SMILES string of the molecule is CN(c1ccncc1)n1cccc1/C=C/c1ccccc1Cl. The molecule has 0 aliphatic carbocycles. The lowest BCUT2D eigenvalue weighted by molar-refractivity contribution is 0.772. The normalized spacial score (nSPS) is 11.0. The lowest BCUT2D eigenvalue weighted by Gasteiger charge is -2.22. The molecule has 3 nitrogen and oxygen atoms in total. The molecule has 0 radical (unpaired) electrons. The van der Waals surface area contributed by atoms with Crippen LogP contribution in [-0.2, 0) is 0 Å². The third-order valence-electron chi connectivity index (χ3n) is 3.46. The smallest absolute Gasteiger partial charge is 0.0626 e. The minimum Gasteiger partial charge on any atom is -0.284 e. The van der Waals surface area contributed by atoms with Crippen LogP contribution in [-0.4, -0.2) is 16.7 Å². The number of anilines is 1. The van der Waals surface area contributed by atoms with Crippen LogP contribution in [0.4, 0.5) is 5.69 Å². The number of pyridine rings is 1. The van der Waals surface area contributed by atoms with Crippen molar-refractivity contribution in [2.45, 2.75) is 0 Å². The van der Waals surface area contributed by atoms with Crippen LogP contribution in [0.5, 0.6) is 0 Å². The quantitative estimate of drug-likeness (QED) is 0.702. The molecule has 0 saturated heterocycles. The van der Waals surface area contributed by atoms with Gasteiger partial charge in [0.2, 0.25) is 0 Å². The summed E-state index contributed by atoms with van der Waals surface area (Å²) in [7, 11) is 2.02. The van der Waals surface area contributed by atoms with E-state index in [1.807, 2.05) is 61.8 Å². The Bertz CT molecular complexity index is 778. The Labute approximate surface area is 135 Å². The van der Waals surface area contributed by atoms with E-state index in [0.29, 0.717) is 0 Å². The molecule has 4 heteroatoms. The highest BCUT2D eigenvalue weighted by Crippen LogP contribution is 2.19. The minimum absolute atomic E-state index is 0.749. The highest BCUT2D eigenvalue weighted by Gasteiger charge is 2.05. The fourth-order valence-corrected chi connectivity index (χ4v) is 2.46. The molecule has 0 bridgehead atoms. The summed E-state index contributed by atoms with van der Waals surface area (Å²) in [5.74, 6) is 0. The van der Waals surface area contributed by atoms with Crippen LogP contribution in [0.15, 0.2) is 67.1 Å². The van der Waals surface area contributed by atoms with Crippen LogP contribution in [0, 0.1) is 0 Å². The van der Waals surface area contributed by atoms with Gasteiger partial charge in [0.05, 0.1) is 11.4 Å². The molecule has 0 N–H and O–H groups in total. The van der Waals surface area contributed by atoms with Crippen LogP contribution < -0.4 is 5.01 Å². The molecular weight excluding hydrogens is 294 g/mol. The van der Waals surface area contributed by atoms with Crippen LogP contribution in [0.2, 0.25) is 5.02 Å². The third kappa shape index (κ3) is 3.05. The van der Waals surface area contributed by atoms with Crippen LogP contribution in [0.3, 0.4) is 0 Å². The summed E-state index contributed by atoms with van der Waals surface area (Å²) in [6.07, 6.45) is 9.67. The molecule has 0 atom stereocenters. The van der Waals surface area contributed by atoms with Crippen molar-refractivity contribution in [3.8, 4) is 0 Å². The average Bonchev–Trinajstić information content (AvgIpc) is 3.03. The summed E-state index contributed by atoms with van der Waals surface area (Å²) >= 11 is 6.19. The van der Waals surface area contributed by atoms with Crippen molar-refractivity contribution in [1.82, 2.24) is 9.66 Å². The van der Waals surface area contributed by atoms with Crippen molar-refractivity contribution in [3.05, 3.63) is 83.4 Å². The molecule has 0 saturated carbocycles. The summed E-state index contributed by atoms with van der Waals surface area (Å²) in [4.78, 5) is 4.05. The molecule has 2 aromatic heterocycles. The first-order valence-electron chi connectivity index (χ1n) is 7.00. The van der Waals surface area contributed by atoms with E-state index in [2.05, 4.69) is 26.8 Å². The van der Waals surface area contributed by atoms with Crippen molar-refractivity contribution in [3.63, 3.8) is 0 Å². The van der Waals surface area contributed by atoms with E-state index in [1.165, 1.54) is 0 Å². The van der Waals surface area contributed by atoms with Crippen molar-refractivity contribution in [2.75, 3.05) is 12.1 Å². The summed E-state index contributed by atoms with van der Waals surface area (Å²) in [6, 6.07) is 15.8. The van der Waals surface area contributed by atoms with E-state index in [4.69, 9.17) is 11.6 Å². The first-order chi connectivity index (χ1) is 10.8. The Morgan fingerprint density at radius 3 is 2.55 bits per heavy atom. The van der Waals surface area contributed by atoms with E-state index in [1.54, 1.807) is 12.4 Å². The summed E-state index contributed by atoms with van der Waals surface area (Å²) in [5, 5.41) is 2.81. The zero-order valence-corrected chi connectivity index (χ0v) is 13.0. The zero-order valence-electron chi connectivity index (χ0n) is 12.2. The molecule has 110 valence electrons. The average molecular weight is 310 g/mol. The van der Waals surface area contributed by atoms with E-state index in [0.717, 1.165) is 22.0 Å². The first-order valence-corrected chi connectivity index (χ1v) is 7.37. The van der Waals surface area contributed by atoms with E-state index in [-0.39, 0.29) is 0 Å². The minimum atomic E-state index is 0.749. The van der Waals surface area contributed by atoms with E-state index >= 15 is 0 Å². The zero-order chi connectivity index (χ0) is 15.4. The summed E-state index contributed by atoms with van der Waals surface area (Å²) < 4.78 is 2.07. The van der Waals surface area contributed by atoms with Crippen LogP contribution in [0.25, 0.3) is 12.2 Å². The number of benzene rings is 1. The van der Waals surface area contributed by atoms with Crippen molar-refractivity contribution >= 4 is 29.4 Å². The monoisotopic (exact) mass is 309 g/mol. The molecule has 3 rings (SSSR count). The van der Waals surface area contributed by atoms with Gasteiger partial charge < -0.3 is 0 Å². The second-order valence-electron chi connectivity index (χ2n) is 4.86. The molecule has 0 fully saturated rings. The molecule has 3 aromatic rings. The number of rotatable bonds is 4. The predicted octanol–water partition coefficient (Wildman–Crippen LogP) is 4.61. The van der Waals surface area contributed by atoms with Gasteiger partial charge in [-0.05, 0) is 42.0 Å².